The van der Waals surface area contributed by atoms with E-state index in [0.29, 0.717) is 49.2 Å². The van der Waals surface area contributed by atoms with Gasteiger partial charge in [-0.15, -0.1) is 0 Å². The molecule has 1 amide bonds. The van der Waals surface area contributed by atoms with Gasteiger partial charge in [-0.2, -0.15) is 11.3 Å². The minimum atomic E-state index is -0.175. The van der Waals surface area contributed by atoms with Gasteiger partial charge in [-0.1, -0.05) is 0 Å². The van der Waals surface area contributed by atoms with Gasteiger partial charge >= 0.3 is 0 Å². The van der Waals surface area contributed by atoms with Crippen LogP contribution in [0, 0.1) is 0 Å². The number of ether oxygens (including phenoxy) is 3. The lowest BCUT2D eigenvalue weighted by Gasteiger charge is -2.17. The van der Waals surface area contributed by atoms with Crippen molar-refractivity contribution in [3.05, 3.63) is 40.1 Å². The van der Waals surface area contributed by atoms with Crippen molar-refractivity contribution in [2.45, 2.75) is 27.3 Å². The monoisotopic (exact) mass is 349 g/mol. The van der Waals surface area contributed by atoms with Crippen molar-refractivity contribution in [2.24, 2.45) is 0 Å². The smallest absolute Gasteiger partial charge is 0.251 e. The second-order valence-electron chi connectivity index (χ2n) is 4.91. The number of hydrogen-bond acceptors (Lipinski definition) is 5. The van der Waals surface area contributed by atoms with Gasteiger partial charge in [0.15, 0.2) is 11.5 Å². The molecule has 0 radical (unpaired) electrons. The number of hydrogen-bond donors (Lipinski definition) is 1. The molecular formula is C18H23NO4S. The summed E-state index contributed by atoms with van der Waals surface area (Å²) in [5.74, 6) is 1.40. The van der Waals surface area contributed by atoms with Crippen molar-refractivity contribution >= 4 is 17.2 Å². The lowest BCUT2D eigenvalue weighted by atomic mass is 10.1. The number of nitrogens with one attached hydrogen (secondary N) is 1. The molecule has 24 heavy (non-hydrogen) atoms. The van der Waals surface area contributed by atoms with E-state index >= 15 is 0 Å². The Morgan fingerprint density at radius 3 is 2.17 bits per heavy atom. The first-order valence-corrected chi connectivity index (χ1v) is 8.99. The summed E-state index contributed by atoms with van der Waals surface area (Å²) in [5, 5.41) is 6.90. The number of carbonyl (C=O) groups is 1. The van der Waals surface area contributed by atoms with Crippen LogP contribution in [-0.2, 0) is 6.54 Å². The number of thiophene rings is 1. The molecule has 2 aromatic rings. The van der Waals surface area contributed by atoms with Crippen molar-refractivity contribution in [1.29, 1.82) is 0 Å². The van der Waals surface area contributed by atoms with Gasteiger partial charge in [0.25, 0.3) is 5.91 Å². The van der Waals surface area contributed by atoms with Crippen LogP contribution in [-0.4, -0.2) is 25.7 Å². The van der Waals surface area contributed by atoms with E-state index in [0.717, 1.165) is 5.56 Å². The summed E-state index contributed by atoms with van der Waals surface area (Å²) in [7, 11) is 0. The molecule has 6 heteroatoms. The average molecular weight is 349 g/mol. The first kappa shape index (κ1) is 18.1. The van der Waals surface area contributed by atoms with Crippen molar-refractivity contribution in [2.75, 3.05) is 19.8 Å². The Kier molecular flexibility index (Phi) is 6.93. The number of rotatable bonds is 9. The van der Waals surface area contributed by atoms with Crippen LogP contribution in [0.15, 0.2) is 29.0 Å². The summed E-state index contributed by atoms with van der Waals surface area (Å²) in [6.45, 7) is 7.61. The fourth-order valence-corrected chi connectivity index (χ4v) is 2.87. The molecule has 1 aromatic carbocycles. The van der Waals surface area contributed by atoms with Gasteiger partial charge in [0, 0.05) is 12.1 Å². The van der Waals surface area contributed by atoms with Crippen LogP contribution in [0.1, 0.15) is 36.7 Å². The molecule has 0 saturated heterocycles. The lowest BCUT2D eigenvalue weighted by molar-refractivity contribution is 0.0950. The zero-order chi connectivity index (χ0) is 17.4. The molecule has 5 nitrogen and oxygen atoms in total. The molecule has 0 spiro atoms. The number of carbonyl (C=O) groups excluding carboxylic acids is 1. The van der Waals surface area contributed by atoms with Crippen LogP contribution >= 0.6 is 11.3 Å². The molecule has 0 aliphatic rings. The lowest BCUT2D eigenvalue weighted by Crippen LogP contribution is -2.22. The molecule has 1 heterocycles. The second-order valence-corrected chi connectivity index (χ2v) is 5.69. The van der Waals surface area contributed by atoms with E-state index in [4.69, 9.17) is 14.2 Å². The maximum absolute atomic E-state index is 12.5. The summed E-state index contributed by atoms with van der Waals surface area (Å²) >= 11 is 1.60. The van der Waals surface area contributed by atoms with E-state index in [1.165, 1.54) is 0 Å². The van der Waals surface area contributed by atoms with Crippen LogP contribution in [0.2, 0.25) is 0 Å². The van der Waals surface area contributed by atoms with E-state index in [2.05, 4.69) is 5.32 Å². The van der Waals surface area contributed by atoms with Gasteiger partial charge in [-0.25, -0.2) is 0 Å². The van der Waals surface area contributed by atoms with Gasteiger partial charge < -0.3 is 19.5 Å². The zero-order valence-corrected chi connectivity index (χ0v) is 15.1. The third-order valence-electron chi connectivity index (χ3n) is 3.20. The third-order valence-corrected chi connectivity index (χ3v) is 3.94. The molecule has 0 bridgehead atoms. The summed E-state index contributed by atoms with van der Waals surface area (Å²) in [5.41, 5.74) is 1.56. The molecule has 0 fully saturated rings. The predicted molar refractivity (Wildman–Crippen MR) is 95.4 cm³/mol. The first-order chi connectivity index (χ1) is 11.7. The highest BCUT2D eigenvalue weighted by molar-refractivity contribution is 7.07. The largest absolute Gasteiger partial charge is 0.490 e. The van der Waals surface area contributed by atoms with Gasteiger partial charge in [-0.3, -0.25) is 4.79 Å². The highest BCUT2D eigenvalue weighted by atomic mass is 32.1. The summed E-state index contributed by atoms with van der Waals surface area (Å²) < 4.78 is 16.9. The Hall–Kier alpha value is -2.21. The molecule has 0 aliphatic carbocycles. The highest BCUT2D eigenvalue weighted by Crippen LogP contribution is 2.39. The first-order valence-electron chi connectivity index (χ1n) is 8.05. The van der Waals surface area contributed by atoms with Crippen LogP contribution < -0.4 is 19.5 Å². The van der Waals surface area contributed by atoms with E-state index in [-0.39, 0.29) is 5.91 Å². The van der Waals surface area contributed by atoms with E-state index in [1.807, 2.05) is 37.6 Å². The highest BCUT2D eigenvalue weighted by Gasteiger charge is 2.18. The van der Waals surface area contributed by atoms with E-state index in [1.54, 1.807) is 23.5 Å². The Morgan fingerprint density at radius 1 is 1.04 bits per heavy atom. The maximum atomic E-state index is 12.5. The van der Waals surface area contributed by atoms with Crippen molar-refractivity contribution in [1.82, 2.24) is 5.32 Å². The molecule has 130 valence electrons. The molecule has 0 aliphatic heterocycles. The Balaban J connectivity index is 2.25. The number of benzene rings is 1. The average Bonchev–Trinajstić information content (AvgIpc) is 3.09. The minimum absolute atomic E-state index is 0.175. The van der Waals surface area contributed by atoms with E-state index < -0.39 is 0 Å². The van der Waals surface area contributed by atoms with Gasteiger partial charge in [0.2, 0.25) is 5.75 Å². The summed E-state index contributed by atoms with van der Waals surface area (Å²) in [4.78, 5) is 12.5. The van der Waals surface area contributed by atoms with Gasteiger partial charge in [-0.05, 0) is 55.3 Å². The standard InChI is InChI=1S/C18H23NO4S/c1-4-21-15-9-14(10-16(22-5-2)17(15)23-6-3)18(20)19-11-13-7-8-24-12-13/h7-10,12H,4-6,11H2,1-3H3,(H,19,20). The maximum Gasteiger partial charge on any atom is 0.251 e. The van der Waals surface area contributed by atoms with Crippen LogP contribution in [0.25, 0.3) is 0 Å². The SMILES string of the molecule is CCOc1cc(C(=O)NCc2ccsc2)cc(OCC)c1OCC. The van der Waals surface area contributed by atoms with Crippen molar-refractivity contribution in [3.8, 4) is 17.2 Å². The van der Waals surface area contributed by atoms with Crippen LogP contribution in [0.3, 0.4) is 0 Å². The Labute approximate surface area is 146 Å². The van der Waals surface area contributed by atoms with Crippen molar-refractivity contribution in [3.63, 3.8) is 0 Å². The zero-order valence-electron chi connectivity index (χ0n) is 14.3. The summed E-state index contributed by atoms with van der Waals surface area (Å²) in [6.07, 6.45) is 0. The quantitative estimate of drug-likeness (QED) is 0.746. The van der Waals surface area contributed by atoms with Crippen LogP contribution in [0.5, 0.6) is 17.2 Å². The fraction of sp³-hybridized carbons (Fsp3) is 0.389. The molecule has 0 saturated carbocycles. The topological polar surface area (TPSA) is 56.8 Å². The molecular weight excluding hydrogens is 326 g/mol. The third kappa shape index (κ3) is 4.64. The molecule has 1 N–H and O–H groups in total. The molecule has 1 aromatic heterocycles. The summed E-state index contributed by atoms with van der Waals surface area (Å²) in [6, 6.07) is 5.38. The van der Waals surface area contributed by atoms with Gasteiger partial charge in [0.05, 0.1) is 19.8 Å². The minimum Gasteiger partial charge on any atom is -0.490 e. The second kappa shape index (κ2) is 9.17. The Bertz CT molecular complexity index is 628. The number of amides is 1. The normalized spacial score (nSPS) is 10.3. The predicted octanol–water partition coefficient (Wildman–Crippen LogP) is 3.87. The fourth-order valence-electron chi connectivity index (χ4n) is 2.20. The molecule has 0 unspecified atom stereocenters. The van der Waals surface area contributed by atoms with Crippen LogP contribution in [0.4, 0.5) is 0 Å². The van der Waals surface area contributed by atoms with E-state index in [9.17, 15) is 4.79 Å². The van der Waals surface area contributed by atoms with Gasteiger partial charge in [0.1, 0.15) is 0 Å². The van der Waals surface area contributed by atoms with Crippen molar-refractivity contribution < 1.29 is 19.0 Å². The molecule has 0 atom stereocenters. The Morgan fingerprint density at radius 2 is 1.67 bits per heavy atom. The molecule has 2 rings (SSSR count).